The number of guanidine groups is 1. The van der Waals surface area contributed by atoms with Gasteiger partial charge >= 0.3 is 18.0 Å². The van der Waals surface area contributed by atoms with Gasteiger partial charge in [-0.05, 0) is 66.7 Å². The van der Waals surface area contributed by atoms with Crippen LogP contribution in [0.2, 0.25) is 0 Å². The first-order chi connectivity index (χ1) is 27.4. The van der Waals surface area contributed by atoms with Crippen molar-refractivity contribution in [2.45, 2.75) is 74.5 Å². The van der Waals surface area contributed by atoms with Crippen LogP contribution in [-0.2, 0) is 35.2 Å². The first kappa shape index (κ1) is 47.6. The molecule has 23 nitrogen and oxygen atoms in total. The number of nitrogens with two attached hydrogens (primary N) is 6. The molecule has 0 aliphatic rings. The van der Waals surface area contributed by atoms with Gasteiger partial charge in [0.15, 0.2) is 5.96 Å². The van der Waals surface area contributed by atoms with Crippen LogP contribution in [0.15, 0.2) is 47.5 Å². The zero-order chi connectivity index (χ0) is 43.4. The Balaban J connectivity index is 2.26. The minimum Gasteiger partial charge on any atom is -0.481 e. The second kappa shape index (κ2) is 24.2. The van der Waals surface area contributed by atoms with Crippen molar-refractivity contribution in [2.24, 2.45) is 39.4 Å². The van der Waals surface area contributed by atoms with Crippen molar-refractivity contribution in [3.8, 4) is 0 Å². The van der Waals surface area contributed by atoms with E-state index in [2.05, 4.69) is 26.3 Å². The van der Waals surface area contributed by atoms with E-state index in [-0.39, 0.29) is 44.7 Å². The SMILES string of the molecule is NCCCC[C@H](NC(=O)NC(=O)NC(=O)[C@H](CCCN=C(N)N)NC(=O)[C@H](Cc1ccc2ccccc2c1)NC(=O)SC(N)C(N)=O)C(=O)N[C@@H](CC(=O)O)C(N)=O. The number of fused-ring (bicyclic) bond motifs is 1. The zero-order valence-corrected chi connectivity index (χ0v) is 32.0. The summed E-state index contributed by atoms with van der Waals surface area (Å²) in [5.74, 6) is -6.81. The van der Waals surface area contributed by atoms with E-state index in [0.717, 1.165) is 10.8 Å². The number of imide groups is 2. The number of aliphatic carboxylic acids is 1. The topological polar surface area (TPSA) is 415 Å². The van der Waals surface area contributed by atoms with E-state index in [0.29, 0.717) is 30.2 Å². The van der Waals surface area contributed by atoms with Gasteiger partial charge in [0.25, 0.3) is 11.1 Å². The maximum atomic E-state index is 13.8. The molecule has 2 aromatic rings. The summed E-state index contributed by atoms with van der Waals surface area (Å²) >= 11 is 0.333. The minimum absolute atomic E-state index is 0.00612. The van der Waals surface area contributed by atoms with Gasteiger partial charge in [-0.15, -0.1) is 0 Å². The van der Waals surface area contributed by atoms with E-state index in [9.17, 15) is 43.2 Å². The number of nitrogens with one attached hydrogen (secondary N) is 6. The van der Waals surface area contributed by atoms with Gasteiger partial charge < -0.3 is 60.8 Å². The molecule has 0 aliphatic heterocycles. The lowest BCUT2D eigenvalue weighted by atomic mass is 10.0. The quantitative estimate of drug-likeness (QED) is 0.0243. The predicted octanol–water partition coefficient (Wildman–Crippen LogP) is -3.02. The minimum atomic E-state index is -1.61. The molecule has 316 valence electrons. The molecule has 0 aliphatic carbocycles. The van der Waals surface area contributed by atoms with Crippen molar-refractivity contribution < 1.29 is 48.3 Å². The number of carbonyl (C=O) groups excluding carboxylic acids is 8. The number of hydrogen-bond donors (Lipinski definition) is 13. The molecule has 58 heavy (non-hydrogen) atoms. The van der Waals surface area contributed by atoms with Gasteiger partial charge in [-0.25, -0.2) is 9.59 Å². The third kappa shape index (κ3) is 17.5. The molecule has 0 bridgehead atoms. The predicted molar refractivity (Wildman–Crippen MR) is 212 cm³/mol. The highest BCUT2D eigenvalue weighted by Gasteiger charge is 2.31. The van der Waals surface area contributed by atoms with Crippen molar-refractivity contribution in [1.82, 2.24) is 31.9 Å². The molecule has 2 rings (SSSR count). The van der Waals surface area contributed by atoms with Crippen LogP contribution in [0, 0.1) is 0 Å². The van der Waals surface area contributed by atoms with Gasteiger partial charge in [0.2, 0.25) is 23.6 Å². The van der Waals surface area contributed by atoms with Crippen molar-refractivity contribution in [3.05, 3.63) is 48.0 Å². The van der Waals surface area contributed by atoms with Crippen molar-refractivity contribution in [1.29, 1.82) is 0 Å². The number of thioether (sulfide) groups is 1. The molecule has 10 amide bonds. The lowest BCUT2D eigenvalue weighted by Gasteiger charge is -2.23. The molecule has 0 saturated heterocycles. The number of rotatable bonds is 22. The highest BCUT2D eigenvalue weighted by molar-refractivity contribution is 8.14. The molecule has 0 heterocycles. The zero-order valence-electron chi connectivity index (χ0n) is 31.2. The molecule has 0 aromatic heterocycles. The van der Waals surface area contributed by atoms with E-state index in [4.69, 9.17) is 39.5 Å². The summed E-state index contributed by atoms with van der Waals surface area (Å²) < 4.78 is 0. The number of primary amides is 2. The molecule has 24 heteroatoms. The number of carboxylic acid groups (broad SMARTS) is 1. The van der Waals surface area contributed by atoms with Gasteiger partial charge in [0.05, 0.1) is 6.42 Å². The highest BCUT2D eigenvalue weighted by atomic mass is 32.2. The molecule has 5 atom stereocenters. The van der Waals surface area contributed by atoms with Crippen LogP contribution in [0.4, 0.5) is 14.4 Å². The van der Waals surface area contributed by atoms with Crippen LogP contribution in [0.25, 0.3) is 10.8 Å². The number of aliphatic imine (C=N–C) groups is 1. The van der Waals surface area contributed by atoms with E-state index < -0.39 is 88.8 Å². The third-order valence-electron chi connectivity index (χ3n) is 8.03. The maximum absolute atomic E-state index is 13.8. The Bertz CT molecular complexity index is 1860. The first-order valence-electron chi connectivity index (χ1n) is 17.7. The fourth-order valence-electron chi connectivity index (χ4n) is 5.16. The van der Waals surface area contributed by atoms with E-state index in [1.165, 1.54) is 0 Å². The van der Waals surface area contributed by atoms with Gasteiger partial charge in [-0.3, -0.25) is 49.2 Å². The molecular formula is C34H49N13O10S. The van der Waals surface area contributed by atoms with Gasteiger partial charge in [0.1, 0.15) is 29.5 Å². The maximum Gasteiger partial charge on any atom is 0.329 e. The van der Waals surface area contributed by atoms with Crippen LogP contribution in [-0.4, -0.2) is 107 Å². The lowest BCUT2D eigenvalue weighted by Crippen LogP contribution is -2.58. The Morgan fingerprint density at radius 2 is 1.29 bits per heavy atom. The van der Waals surface area contributed by atoms with Crippen LogP contribution in [0.1, 0.15) is 44.1 Å². The summed E-state index contributed by atoms with van der Waals surface area (Å²) in [6.07, 6.45) is -0.351. The molecule has 0 saturated carbocycles. The monoisotopic (exact) mass is 831 g/mol. The average Bonchev–Trinajstić information content (AvgIpc) is 3.14. The largest absolute Gasteiger partial charge is 0.481 e. The van der Waals surface area contributed by atoms with Crippen molar-refractivity contribution >= 4 is 81.3 Å². The van der Waals surface area contributed by atoms with Gasteiger partial charge in [-0.2, -0.15) is 0 Å². The van der Waals surface area contributed by atoms with Gasteiger partial charge in [0, 0.05) is 13.0 Å². The summed E-state index contributed by atoms with van der Waals surface area (Å²) in [7, 11) is 0. The van der Waals surface area contributed by atoms with E-state index in [1.807, 2.05) is 34.9 Å². The smallest absolute Gasteiger partial charge is 0.329 e. The molecule has 0 spiro atoms. The molecule has 1 unspecified atom stereocenters. The highest BCUT2D eigenvalue weighted by Crippen LogP contribution is 2.18. The number of carbonyl (C=O) groups is 9. The molecule has 0 fully saturated rings. The fraction of sp³-hybridized carbons (Fsp3) is 0.412. The van der Waals surface area contributed by atoms with Crippen LogP contribution >= 0.6 is 11.8 Å². The van der Waals surface area contributed by atoms with Crippen LogP contribution < -0.4 is 66.3 Å². The summed E-state index contributed by atoms with van der Waals surface area (Å²) in [4.78, 5) is 117. The number of amides is 10. The Hall–Kier alpha value is -6.53. The number of carboxylic acids is 1. The Morgan fingerprint density at radius 3 is 1.91 bits per heavy atom. The number of nitrogens with zero attached hydrogens (tertiary/aromatic N) is 1. The fourth-order valence-corrected chi connectivity index (χ4v) is 5.72. The second-order valence-corrected chi connectivity index (χ2v) is 13.8. The summed E-state index contributed by atoms with van der Waals surface area (Å²) in [5, 5.41) is 21.5. The first-order valence-corrected chi connectivity index (χ1v) is 18.6. The lowest BCUT2D eigenvalue weighted by molar-refractivity contribution is -0.140. The molecule has 2 aromatic carbocycles. The third-order valence-corrected chi connectivity index (χ3v) is 8.84. The summed E-state index contributed by atoms with van der Waals surface area (Å²) in [5.41, 5.74) is 32.9. The van der Waals surface area contributed by atoms with Crippen molar-refractivity contribution in [3.63, 3.8) is 0 Å². The normalized spacial score (nSPS) is 13.3. The number of unbranched alkanes of at least 4 members (excludes halogenated alkanes) is 1. The number of urea groups is 2. The standard InChI is InChI=1S/C34H49N13O10S/c35-12-4-3-8-21(28(52)43-22(25(36)50)16-24(48)49)44-32(55)47-33(56)46-29(53)20(9-5-13-41-31(39)40)42-30(54)23(45-34(57)58-27(38)26(37)51)15-17-10-11-18-6-1-2-7-19(18)14-17/h1-2,6-7,10-11,14,20-23,27H,3-5,8-9,12-13,15-16,35,38H2,(H2,36,50)(H2,37,51)(H,42,54)(H,43,52)(H,45,57)(H,48,49)(H4,39,40,41)(H3,44,46,47,53,55,56)/t20-,21-,22-,23-,27?/m0/s1. The summed E-state index contributed by atoms with van der Waals surface area (Å²) in [6.45, 7) is 0.239. The van der Waals surface area contributed by atoms with Crippen LogP contribution in [0.5, 0.6) is 0 Å². The molecular weight excluding hydrogens is 783 g/mol. The molecule has 19 N–H and O–H groups in total. The van der Waals surface area contributed by atoms with Gasteiger partial charge in [-0.1, -0.05) is 42.5 Å². The Labute approximate surface area is 335 Å². The summed E-state index contributed by atoms with van der Waals surface area (Å²) in [6, 6.07) is 4.18. The van der Waals surface area contributed by atoms with E-state index in [1.54, 1.807) is 18.2 Å². The van der Waals surface area contributed by atoms with E-state index >= 15 is 0 Å². The Morgan fingerprint density at radius 1 is 0.672 bits per heavy atom. The number of hydrogen-bond acceptors (Lipinski definition) is 13. The van der Waals surface area contributed by atoms with Crippen LogP contribution in [0.3, 0.4) is 0 Å². The number of benzene rings is 2. The second-order valence-electron chi connectivity index (χ2n) is 12.6. The molecule has 0 radical (unpaired) electrons. The van der Waals surface area contributed by atoms with Crippen molar-refractivity contribution in [2.75, 3.05) is 13.1 Å². The Kier molecular flexibility index (Phi) is 19.9. The average molecular weight is 832 g/mol.